The molecule has 0 saturated carbocycles. The van der Waals surface area contributed by atoms with Crippen LogP contribution in [0, 0.1) is 0 Å². The minimum absolute atomic E-state index is 0.0567. The van der Waals surface area contributed by atoms with Gasteiger partial charge >= 0.3 is 0 Å². The summed E-state index contributed by atoms with van der Waals surface area (Å²) >= 11 is 7.63. The molecule has 0 bridgehead atoms. The Balaban J connectivity index is 2.21. The topological polar surface area (TPSA) is 43.8 Å². The van der Waals surface area contributed by atoms with E-state index in [0.29, 0.717) is 10.5 Å². The van der Waals surface area contributed by atoms with Crippen LogP contribution < -0.4 is 5.73 Å². The van der Waals surface area contributed by atoms with Gasteiger partial charge in [-0.15, -0.1) is 0 Å². The highest BCUT2D eigenvalue weighted by Gasteiger charge is 2.32. The van der Waals surface area contributed by atoms with Crippen molar-refractivity contribution >= 4 is 39.5 Å². The van der Waals surface area contributed by atoms with E-state index in [2.05, 4.69) is 39.6 Å². The molecule has 18 heavy (non-hydrogen) atoms. The molecule has 1 saturated heterocycles. The van der Waals surface area contributed by atoms with Crippen molar-refractivity contribution < 1.29 is 0 Å². The third-order valence-electron chi connectivity index (χ3n) is 3.18. The maximum Gasteiger partial charge on any atom is 0.0705 e. The number of hydrogen-bond acceptors (Lipinski definition) is 4. The van der Waals surface area contributed by atoms with Crippen LogP contribution in [0.1, 0.15) is 32.0 Å². The minimum Gasteiger partial charge on any atom is -0.322 e. The van der Waals surface area contributed by atoms with Gasteiger partial charge in [-0.05, 0) is 22.4 Å². The summed E-state index contributed by atoms with van der Waals surface area (Å²) in [6, 6.07) is 0.0567. The average molecular weight is 350 g/mol. The number of hydrogen-bond donors (Lipinski definition) is 1. The first-order chi connectivity index (χ1) is 8.65. The summed E-state index contributed by atoms with van der Waals surface area (Å²) in [5, 5.41) is 5.51. The highest BCUT2D eigenvalue weighted by atomic mass is 79.9. The van der Waals surface area contributed by atoms with Gasteiger partial charge in [-0.25, -0.2) is 0 Å². The molecule has 1 aromatic rings. The molecule has 1 fully saturated rings. The lowest BCUT2D eigenvalue weighted by Gasteiger charge is -2.32. The largest absolute Gasteiger partial charge is 0.322 e. The number of nitrogens with zero attached hydrogens (tertiary/aromatic N) is 2. The van der Waals surface area contributed by atoms with Gasteiger partial charge in [0, 0.05) is 28.6 Å². The Morgan fingerprint density at radius 3 is 2.94 bits per heavy atom. The van der Waals surface area contributed by atoms with E-state index in [1.54, 1.807) is 0 Å². The Labute approximate surface area is 126 Å². The Bertz CT molecular complexity index is 397. The standard InChI is InChI=1S/C12H20BrN3S2/c1-3-4-16-11(9(13)7-15-16)10(14)12-8(2)17-5-6-18-12/h7-8,10,12H,3-6,14H2,1-2H3. The van der Waals surface area contributed by atoms with E-state index in [1.165, 1.54) is 11.5 Å². The summed E-state index contributed by atoms with van der Waals surface area (Å²) in [5.41, 5.74) is 7.67. The third kappa shape index (κ3) is 3.08. The highest BCUT2D eigenvalue weighted by Crippen LogP contribution is 2.39. The molecule has 0 aliphatic carbocycles. The average Bonchev–Trinajstić information content (AvgIpc) is 2.71. The zero-order valence-corrected chi connectivity index (χ0v) is 14.0. The molecule has 2 rings (SSSR count). The molecule has 102 valence electrons. The third-order valence-corrected chi connectivity index (χ3v) is 7.00. The predicted molar refractivity (Wildman–Crippen MR) is 85.3 cm³/mol. The fourth-order valence-electron chi connectivity index (χ4n) is 2.29. The minimum atomic E-state index is 0.0567. The normalized spacial score (nSPS) is 26.2. The number of rotatable bonds is 4. The Morgan fingerprint density at radius 2 is 2.28 bits per heavy atom. The molecule has 1 aromatic heterocycles. The number of aryl methyl sites for hydroxylation is 1. The maximum absolute atomic E-state index is 6.51. The molecule has 2 heterocycles. The van der Waals surface area contributed by atoms with Gasteiger partial charge in [-0.3, -0.25) is 4.68 Å². The van der Waals surface area contributed by atoms with E-state index in [1.807, 2.05) is 29.7 Å². The molecule has 1 aliphatic heterocycles. The maximum atomic E-state index is 6.51. The second-order valence-corrected chi connectivity index (χ2v) is 8.16. The summed E-state index contributed by atoms with van der Waals surface area (Å²) in [4.78, 5) is 0. The molecule has 3 atom stereocenters. The van der Waals surface area contributed by atoms with Crippen molar-refractivity contribution in [2.75, 3.05) is 11.5 Å². The zero-order valence-electron chi connectivity index (χ0n) is 10.8. The second-order valence-electron chi connectivity index (χ2n) is 4.54. The van der Waals surface area contributed by atoms with Crippen LogP contribution in [0.5, 0.6) is 0 Å². The van der Waals surface area contributed by atoms with Crippen LogP contribution in [0.2, 0.25) is 0 Å². The molecule has 0 radical (unpaired) electrons. The second kappa shape index (κ2) is 6.68. The fourth-order valence-corrected chi connectivity index (χ4v) is 5.71. The van der Waals surface area contributed by atoms with E-state index in [0.717, 1.165) is 23.1 Å². The smallest absolute Gasteiger partial charge is 0.0705 e. The van der Waals surface area contributed by atoms with Gasteiger partial charge in [0.25, 0.3) is 0 Å². The van der Waals surface area contributed by atoms with Crippen molar-refractivity contribution in [1.82, 2.24) is 9.78 Å². The fraction of sp³-hybridized carbons (Fsp3) is 0.750. The number of aromatic nitrogens is 2. The van der Waals surface area contributed by atoms with E-state index in [4.69, 9.17) is 5.73 Å². The van der Waals surface area contributed by atoms with Crippen LogP contribution in [0.15, 0.2) is 10.7 Å². The Hall–Kier alpha value is 0.350. The molecule has 6 heteroatoms. The predicted octanol–water partition coefficient (Wildman–Crippen LogP) is 3.29. The van der Waals surface area contributed by atoms with E-state index in [-0.39, 0.29) is 6.04 Å². The molecule has 3 nitrogen and oxygen atoms in total. The van der Waals surface area contributed by atoms with Crippen LogP contribution in [0.4, 0.5) is 0 Å². The molecule has 3 unspecified atom stereocenters. The van der Waals surface area contributed by atoms with Gasteiger partial charge in [0.15, 0.2) is 0 Å². The van der Waals surface area contributed by atoms with Gasteiger partial charge in [-0.1, -0.05) is 13.8 Å². The summed E-state index contributed by atoms with van der Waals surface area (Å²) < 4.78 is 3.10. The molecule has 0 aromatic carbocycles. The van der Waals surface area contributed by atoms with Gasteiger partial charge < -0.3 is 5.73 Å². The van der Waals surface area contributed by atoms with Crippen molar-refractivity contribution in [3.8, 4) is 0 Å². The van der Waals surface area contributed by atoms with E-state index in [9.17, 15) is 0 Å². The van der Waals surface area contributed by atoms with Crippen molar-refractivity contribution in [1.29, 1.82) is 0 Å². The Kier molecular flexibility index (Phi) is 5.47. The lowest BCUT2D eigenvalue weighted by Crippen LogP contribution is -2.35. The Morgan fingerprint density at radius 1 is 1.56 bits per heavy atom. The lowest BCUT2D eigenvalue weighted by molar-refractivity contribution is 0.526. The number of halogens is 1. The first-order valence-electron chi connectivity index (χ1n) is 6.35. The summed E-state index contributed by atoms with van der Waals surface area (Å²) in [7, 11) is 0. The van der Waals surface area contributed by atoms with Crippen LogP contribution >= 0.6 is 39.5 Å². The van der Waals surface area contributed by atoms with E-state index < -0.39 is 0 Å². The molecule has 0 spiro atoms. The number of thioether (sulfide) groups is 2. The highest BCUT2D eigenvalue weighted by molar-refractivity contribution is 9.10. The van der Waals surface area contributed by atoms with Crippen molar-refractivity contribution in [3.63, 3.8) is 0 Å². The molecule has 1 aliphatic rings. The quantitative estimate of drug-likeness (QED) is 0.905. The van der Waals surface area contributed by atoms with Gasteiger partial charge in [0.2, 0.25) is 0 Å². The summed E-state index contributed by atoms with van der Waals surface area (Å²) in [5.74, 6) is 2.44. The van der Waals surface area contributed by atoms with Crippen LogP contribution in [0.25, 0.3) is 0 Å². The van der Waals surface area contributed by atoms with Crippen molar-refractivity contribution in [2.45, 2.75) is 43.4 Å². The summed E-state index contributed by atoms with van der Waals surface area (Å²) in [6.45, 7) is 5.39. The first kappa shape index (κ1) is 14.8. The molecule has 0 amide bonds. The zero-order chi connectivity index (χ0) is 13.1. The van der Waals surface area contributed by atoms with Crippen molar-refractivity contribution in [3.05, 3.63) is 16.4 Å². The van der Waals surface area contributed by atoms with Crippen LogP contribution in [0.3, 0.4) is 0 Å². The molecular formula is C12H20BrN3S2. The van der Waals surface area contributed by atoms with Gasteiger partial charge in [0.1, 0.15) is 0 Å². The number of nitrogens with two attached hydrogens (primary N) is 1. The van der Waals surface area contributed by atoms with Crippen molar-refractivity contribution in [2.24, 2.45) is 5.73 Å². The summed E-state index contributed by atoms with van der Waals surface area (Å²) in [6.07, 6.45) is 2.95. The van der Waals surface area contributed by atoms with Gasteiger partial charge in [0.05, 0.1) is 22.4 Å². The van der Waals surface area contributed by atoms with Gasteiger partial charge in [-0.2, -0.15) is 28.6 Å². The lowest BCUT2D eigenvalue weighted by atomic mass is 10.1. The SMILES string of the molecule is CCCn1ncc(Br)c1C(N)C1SCCSC1C. The monoisotopic (exact) mass is 349 g/mol. The van der Waals surface area contributed by atoms with Crippen LogP contribution in [-0.2, 0) is 6.54 Å². The molecular weight excluding hydrogens is 330 g/mol. The van der Waals surface area contributed by atoms with E-state index >= 15 is 0 Å². The first-order valence-corrected chi connectivity index (χ1v) is 9.24. The molecule has 2 N–H and O–H groups in total. The van der Waals surface area contributed by atoms with Crippen LogP contribution in [-0.4, -0.2) is 31.8 Å².